The molecule has 1 unspecified atom stereocenters. The zero-order valence-electron chi connectivity index (χ0n) is 14.9. The van der Waals surface area contributed by atoms with Crippen molar-refractivity contribution in [1.82, 2.24) is 25.2 Å². The molecule has 3 aromatic rings. The van der Waals surface area contributed by atoms with Crippen molar-refractivity contribution in [2.45, 2.75) is 32.5 Å². The van der Waals surface area contributed by atoms with Crippen LogP contribution in [0.15, 0.2) is 35.0 Å². The Balaban J connectivity index is 0.00000261. The van der Waals surface area contributed by atoms with Gasteiger partial charge in [-0.2, -0.15) is 23.3 Å². The number of hydrogen-bond donors (Lipinski definition) is 1. The molecule has 0 aliphatic heterocycles. The van der Waals surface area contributed by atoms with Crippen molar-refractivity contribution in [3.05, 3.63) is 47.5 Å². The number of nitrogens with one attached hydrogen (secondary N) is 1. The van der Waals surface area contributed by atoms with E-state index >= 15 is 0 Å². The van der Waals surface area contributed by atoms with Crippen LogP contribution < -0.4 is 5.32 Å². The molecule has 0 bridgehead atoms. The Hall–Kier alpha value is -2.39. The van der Waals surface area contributed by atoms with E-state index < -0.39 is 11.9 Å². The third-order valence-corrected chi connectivity index (χ3v) is 3.96. The maximum absolute atomic E-state index is 13.7. The SMILES string of the molecule is CNC(C)Cc1noc(-c2cnn(-c3cccc(C)c3)c2C(F)(F)F)n1.Cl. The standard InChI is InChI=1S/C17H18F3N5O.ClH/c1-10-5-4-6-12(7-10)25-15(17(18,19)20)13(9-22-25)16-23-14(24-26-16)8-11(2)21-3;/h4-7,9,11,21H,8H2,1-3H3;1H. The smallest absolute Gasteiger partial charge is 0.334 e. The quantitative estimate of drug-likeness (QED) is 0.703. The largest absolute Gasteiger partial charge is 0.434 e. The Morgan fingerprint density at radius 2 is 2.04 bits per heavy atom. The summed E-state index contributed by atoms with van der Waals surface area (Å²) in [4.78, 5) is 4.10. The summed E-state index contributed by atoms with van der Waals surface area (Å²) in [7, 11) is 1.78. The van der Waals surface area contributed by atoms with Crippen molar-refractivity contribution in [2.75, 3.05) is 7.05 Å². The summed E-state index contributed by atoms with van der Waals surface area (Å²) < 4.78 is 47.1. The van der Waals surface area contributed by atoms with E-state index in [1.807, 2.05) is 6.92 Å². The van der Waals surface area contributed by atoms with E-state index in [1.165, 1.54) is 0 Å². The molecule has 0 radical (unpaired) electrons. The molecular formula is C17H19ClF3N5O. The molecule has 2 heterocycles. The highest BCUT2D eigenvalue weighted by molar-refractivity contribution is 5.85. The minimum Gasteiger partial charge on any atom is -0.334 e. The van der Waals surface area contributed by atoms with Gasteiger partial charge in [-0.05, 0) is 38.6 Å². The number of alkyl halides is 3. The first kappa shape index (κ1) is 20.9. The molecule has 10 heteroatoms. The molecule has 27 heavy (non-hydrogen) atoms. The van der Waals surface area contributed by atoms with Crippen LogP contribution in [0.2, 0.25) is 0 Å². The van der Waals surface area contributed by atoms with E-state index in [0.29, 0.717) is 17.9 Å². The van der Waals surface area contributed by atoms with Gasteiger partial charge in [0, 0.05) is 12.5 Å². The van der Waals surface area contributed by atoms with Gasteiger partial charge in [0.15, 0.2) is 11.5 Å². The van der Waals surface area contributed by atoms with Crippen LogP contribution >= 0.6 is 12.4 Å². The number of aryl methyl sites for hydroxylation is 1. The van der Waals surface area contributed by atoms with Crippen molar-refractivity contribution < 1.29 is 17.7 Å². The van der Waals surface area contributed by atoms with Crippen LogP contribution in [0.25, 0.3) is 17.1 Å². The topological polar surface area (TPSA) is 68.8 Å². The van der Waals surface area contributed by atoms with Crippen LogP contribution in [0.4, 0.5) is 13.2 Å². The summed E-state index contributed by atoms with van der Waals surface area (Å²) in [5.41, 5.74) is -0.0456. The molecule has 1 atom stereocenters. The molecule has 6 nitrogen and oxygen atoms in total. The van der Waals surface area contributed by atoms with Crippen molar-refractivity contribution in [3.8, 4) is 17.1 Å². The summed E-state index contributed by atoms with van der Waals surface area (Å²) in [6, 6.07) is 6.73. The second-order valence-electron chi connectivity index (χ2n) is 6.07. The predicted octanol–water partition coefficient (Wildman–Crippen LogP) is 3.82. The van der Waals surface area contributed by atoms with Gasteiger partial charge in [0.05, 0.1) is 17.4 Å². The summed E-state index contributed by atoms with van der Waals surface area (Å²) in [5, 5.41) is 10.7. The molecule has 0 saturated heterocycles. The molecule has 2 aromatic heterocycles. The van der Waals surface area contributed by atoms with E-state index in [1.54, 1.807) is 38.2 Å². The molecule has 0 fully saturated rings. The number of rotatable bonds is 5. The zero-order valence-corrected chi connectivity index (χ0v) is 15.7. The number of benzene rings is 1. The van der Waals surface area contributed by atoms with Crippen LogP contribution in [-0.2, 0) is 12.6 Å². The Morgan fingerprint density at radius 1 is 1.30 bits per heavy atom. The molecule has 0 aliphatic carbocycles. The number of halogens is 4. The number of aromatic nitrogens is 4. The lowest BCUT2D eigenvalue weighted by Crippen LogP contribution is -2.24. The zero-order chi connectivity index (χ0) is 18.9. The Labute approximate surface area is 160 Å². The third-order valence-electron chi connectivity index (χ3n) is 3.96. The average molecular weight is 402 g/mol. The molecule has 0 saturated carbocycles. The predicted molar refractivity (Wildman–Crippen MR) is 96.1 cm³/mol. The summed E-state index contributed by atoms with van der Waals surface area (Å²) >= 11 is 0. The van der Waals surface area contributed by atoms with Gasteiger partial charge in [0.2, 0.25) is 0 Å². The number of nitrogens with zero attached hydrogens (tertiary/aromatic N) is 4. The first-order chi connectivity index (χ1) is 12.3. The maximum Gasteiger partial charge on any atom is 0.434 e. The number of likely N-dealkylation sites (N-methyl/N-ethyl adjacent to an activating group) is 1. The van der Waals surface area contributed by atoms with Crippen LogP contribution in [0.3, 0.4) is 0 Å². The van der Waals surface area contributed by atoms with Crippen LogP contribution in [0.1, 0.15) is 24.0 Å². The van der Waals surface area contributed by atoms with E-state index in [-0.39, 0.29) is 29.9 Å². The Bertz CT molecular complexity index is 906. The molecule has 3 rings (SSSR count). The third kappa shape index (κ3) is 4.48. The van der Waals surface area contributed by atoms with E-state index in [9.17, 15) is 13.2 Å². The minimum absolute atomic E-state index is 0. The first-order valence-corrected chi connectivity index (χ1v) is 8.02. The van der Waals surface area contributed by atoms with Gasteiger partial charge in [-0.15, -0.1) is 12.4 Å². The fraction of sp³-hybridized carbons (Fsp3) is 0.353. The second-order valence-corrected chi connectivity index (χ2v) is 6.07. The number of hydrogen-bond acceptors (Lipinski definition) is 5. The lowest BCUT2D eigenvalue weighted by Gasteiger charge is -2.12. The molecule has 1 aromatic carbocycles. The lowest BCUT2D eigenvalue weighted by atomic mass is 10.2. The Kier molecular flexibility index (Phi) is 6.27. The van der Waals surface area contributed by atoms with Crippen molar-refractivity contribution in [2.24, 2.45) is 0 Å². The fourth-order valence-electron chi connectivity index (χ4n) is 2.56. The van der Waals surface area contributed by atoms with Crippen molar-refractivity contribution >= 4 is 12.4 Å². The van der Waals surface area contributed by atoms with Crippen LogP contribution in [-0.4, -0.2) is 33.0 Å². The average Bonchev–Trinajstić information content (AvgIpc) is 3.20. The normalized spacial score (nSPS) is 12.7. The molecule has 146 valence electrons. The molecule has 1 N–H and O–H groups in total. The molecule has 0 aliphatic rings. The van der Waals surface area contributed by atoms with Gasteiger partial charge in [0.25, 0.3) is 5.89 Å². The first-order valence-electron chi connectivity index (χ1n) is 8.02. The highest BCUT2D eigenvalue weighted by Crippen LogP contribution is 2.37. The van der Waals surface area contributed by atoms with Gasteiger partial charge in [-0.25, -0.2) is 4.68 Å². The highest BCUT2D eigenvalue weighted by Gasteiger charge is 2.40. The van der Waals surface area contributed by atoms with Crippen LogP contribution in [0.5, 0.6) is 0 Å². The summed E-state index contributed by atoms with van der Waals surface area (Å²) in [6.45, 7) is 3.71. The van der Waals surface area contributed by atoms with Gasteiger partial charge in [-0.1, -0.05) is 17.3 Å². The van der Waals surface area contributed by atoms with E-state index in [2.05, 4.69) is 20.6 Å². The highest BCUT2D eigenvalue weighted by atomic mass is 35.5. The summed E-state index contributed by atoms with van der Waals surface area (Å²) in [6.07, 6.45) is -3.10. The summed E-state index contributed by atoms with van der Waals surface area (Å²) in [5.74, 6) is 0.132. The van der Waals surface area contributed by atoms with Crippen molar-refractivity contribution in [3.63, 3.8) is 0 Å². The van der Waals surface area contributed by atoms with Gasteiger partial charge >= 0.3 is 6.18 Å². The Morgan fingerprint density at radius 3 is 2.67 bits per heavy atom. The fourth-order valence-corrected chi connectivity index (χ4v) is 2.56. The van der Waals surface area contributed by atoms with Gasteiger partial charge in [-0.3, -0.25) is 0 Å². The van der Waals surface area contributed by atoms with Gasteiger partial charge < -0.3 is 9.84 Å². The molecular weight excluding hydrogens is 383 g/mol. The maximum atomic E-state index is 13.7. The monoisotopic (exact) mass is 401 g/mol. The minimum atomic E-state index is -4.64. The molecule has 0 spiro atoms. The van der Waals surface area contributed by atoms with Crippen molar-refractivity contribution in [1.29, 1.82) is 0 Å². The molecule has 0 amide bonds. The second kappa shape index (κ2) is 8.10. The van der Waals surface area contributed by atoms with Crippen LogP contribution in [0, 0.1) is 6.92 Å². The van der Waals surface area contributed by atoms with E-state index in [0.717, 1.165) is 16.4 Å². The van der Waals surface area contributed by atoms with E-state index in [4.69, 9.17) is 4.52 Å². The lowest BCUT2D eigenvalue weighted by molar-refractivity contribution is -0.142. The van der Waals surface area contributed by atoms with Gasteiger partial charge in [0.1, 0.15) is 0 Å².